The van der Waals surface area contributed by atoms with E-state index in [0.717, 1.165) is 6.26 Å². The van der Waals surface area contributed by atoms with E-state index >= 15 is 0 Å². The topological polar surface area (TPSA) is 108 Å². The fourth-order valence-electron chi connectivity index (χ4n) is 2.56. The number of halogens is 1. The van der Waals surface area contributed by atoms with Crippen LogP contribution in [0.5, 0.6) is 11.6 Å². The van der Waals surface area contributed by atoms with Gasteiger partial charge in [0.15, 0.2) is 15.6 Å². The Morgan fingerprint density at radius 3 is 2.52 bits per heavy atom. The van der Waals surface area contributed by atoms with Gasteiger partial charge in [0.1, 0.15) is 10.5 Å². The van der Waals surface area contributed by atoms with Gasteiger partial charge >= 0.3 is 0 Å². The summed E-state index contributed by atoms with van der Waals surface area (Å²) in [4.78, 5) is 12.8. The van der Waals surface area contributed by atoms with Gasteiger partial charge in [-0.05, 0) is 19.1 Å². The number of nitrogens with zero attached hydrogens (tertiary/aromatic N) is 2. The lowest BCUT2D eigenvalue weighted by Gasteiger charge is -2.14. The van der Waals surface area contributed by atoms with Crippen LogP contribution in [0, 0.1) is 6.92 Å². The van der Waals surface area contributed by atoms with Crippen LogP contribution in [0.3, 0.4) is 0 Å². The number of ether oxygens (including phenoxy) is 2. The van der Waals surface area contributed by atoms with E-state index in [9.17, 15) is 18.3 Å². The minimum Gasteiger partial charge on any atom is -0.493 e. The molecule has 1 aromatic heterocycles. The number of carbonyl (C=O) groups is 1. The molecule has 0 atom stereocenters. The third-order valence-corrected chi connectivity index (χ3v) is 5.36. The minimum absolute atomic E-state index is 0.00293. The molecule has 0 aliphatic carbocycles. The molecule has 0 fully saturated rings. The number of sulfone groups is 1. The predicted molar refractivity (Wildman–Crippen MR) is 99.6 cm³/mol. The molecule has 0 spiro atoms. The second-order valence-electron chi connectivity index (χ2n) is 5.96. The number of carbonyl (C=O) groups excluding carboxylic acids is 1. The Bertz CT molecular complexity index is 968. The van der Waals surface area contributed by atoms with Gasteiger partial charge in [-0.2, -0.15) is 5.10 Å². The van der Waals surface area contributed by atoms with Gasteiger partial charge in [-0.3, -0.25) is 4.79 Å². The molecule has 0 aliphatic rings. The van der Waals surface area contributed by atoms with Crippen LogP contribution in [0.2, 0.25) is 5.02 Å². The van der Waals surface area contributed by atoms with Crippen molar-refractivity contribution in [1.29, 1.82) is 0 Å². The number of benzene rings is 1. The van der Waals surface area contributed by atoms with Crippen LogP contribution in [-0.2, 0) is 21.6 Å². The summed E-state index contributed by atoms with van der Waals surface area (Å²) >= 11 is 6.34. The van der Waals surface area contributed by atoms with Crippen LogP contribution < -0.4 is 4.74 Å². The lowest BCUT2D eigenvalue weighted by atomic mass is 10.0. The molecule has 1 heterocycles. The molecule has 0 saturated carbocycles. The van der Waals surface area contributed by atoms with Crippen LogP contribution in [0.15, 0.2) is 17.0 Å². The predicted octanol–water partition coefficient (Wildman–Crippen LogP) is 2.14. The number of hydrogen-bond acceptors (Lipinski definition) is 7. The first-order chi connectivity index (χ1) is 12.6. The summed E-state index contributed by atoms with van der Waals surface area (Å²) in [6.45, 7) is 2.16. The van der Waals surface area contributed by atoms with Gasteiger partial charge in [-0.1, -0.05) is 11.6 Å². The summed E-state index contributed by atoms with van der Waals surface area (Å²) in [6, 6.07) is 2.57. The number of aromatic nitrogens is 2. The highest BCUT2D eigenvalue weighted by Gasteiger charge is 2.27. The molecule has 0 amide bonds. The van der Waals surface area contributed by atoms with E-state index in [2.05, 4.69) is 5.10 Å². The van der Waals surface area contributed by atoms with E-state index in [-0.39, 0.29) is 39.3 Å². The van der Waals surface area contributed by atoms with Crippen molar-refractivity contribution in [3.05, 3.63) is 34.0 Å². The Morgan fingerprint density at radius 2 is 2.00 bits per heavy atom. The van der Waals surface area contributed by atoms with Crippen LogP contribution in [0.4, 0.5) is 0 Å². The molecule has 10 heteroatoms. The zero-order valence-electron chi connectivity index (χ0n) is 15.4. The molecular weight excluding hydrogens is 396 g/mol. The Hall–Kier alpha value is -2.10. The second kappa shape index (κ2) is 8.28. The first kappa shape index (κ1) is 21.2. The van der Waals surface area contributed by atoms with Crippen molar-refractivity contribution in [3.63, 3.8) is 0 Å². The highest BCUT2D eigenvalue weighted by Crippen LogP contribution is 2.37. The zero-order valence-corrected chi connectivity index (χ0v) is 17.0. The van der Waals surface area contributed by atoms with E-state index in [1.54, 1.807) is 6.92 Å². The van der Waals surface area contributed by atoms with Crippen LogP contribution in [0.1, 0.15) is 28.0 Å². The molecule has 1 N–H and O–H groups in total. The average Bonchev–Trinajstić information content (AvgIpc) is 2.83. The molecule has 148 valence electrons. The summed E-state index contributed by atoms with van der Waals surface area (Å²) in [5.41, 5.74) is 0.333. The van der Waals surface area contributed by atoms with E-state index in [0.29, 0.717) is 18.7 Å². The van der Waals surface area contributed by atoms with Gasteiger partial charge in [0.2, 0.25) is 11.7 Å². The van der Waals surface area contributed by atoms with E-state index in [4.69, 9.17) is 21.1 Å². The van der Waals surface area contributed by atoms with Crippen LogP contribution >= 0.6 is 11.6 Å². The van der Waals surface area contributed by atoms with Crippen molar-refractivity contribution < 1.29 is 27.8 Å². The maximum Gasteiger partial charge on any atom is 0.220 e. The van der Waals surface area contributed by atoms with E-state index < -0.39 is 15.6 Å². The van der Waals surface area contributed by atoms with Crippen molar-refractivity contribution in [2.75, 3.05) is 26.6 Å². The van der Waals surface area contributed by atoms with Crippen molar-refractivity contribution in [3.8, 4) is 11.6 Å². The summed E-state index contributed by atoms with van der Waals surface area (Å²) in [5, 5.41) is 14.0. The number of ketones is 1. The first-order valence-corrected chi connectivity index (χ1v) is 10.3. The number of aromatic hydroxyl groups is 1. The lowest BCUT2D eigenvalue weighted by molar-refractivity contribution is 0.103. The third kappa shape index (κ3) is 4.42. The van der Waals surface area contributed by atoms with Crippen molar-refractivity contribution in [1.82, 2.24) is 9.78 Å². The maximum atomic E-state index is 12.9. The van der Waals surface area contributed by atoms with Gasteiger partial charge in [-0.25, -0.2) is 13.1 Å². The number of methoxy groups -OCH3 is 1. The summed E-state index contributed by atoms with van der Waals surface area (Å²) in [7, 11) is -0.599. The average molecular weight is 417 g/mol. The molecule has 2 aromatic rings. The molecule has 0 saturated heterocycles. The van der Waals surface area contributed by atoms with Gasteiger partial charge in [0.25, 0.3) is 0 Å². The molecule has 27 heavy (non-hydrogen) atoms. The Balaban J connectivity index is 2.53. The van der Waals surface area contributed by atoms with Gasteiger partial charge in [0.05, 0.1) is 17.3 Å². The minimum atomic E-state index is -3.64. The van der Waals surface area contributed by atoms with Crippen LogP contribution in [0.25, 0.3) is 0 Å². The molecule has 0 aliphatic heterocycles. The third-order valence-electron chi connectivity index (χ3n) is 3.86. The lowest BCUT2D eigenvalue weighted by Crippen LogP contribution is -2.10. The Kier molecular flexibility index (Phi) is 6.50. The van der Waals surface area contributed by atoms with E-state index in [1.165, 1.54) is 31.0 Å². The molecule has 2 rings (SSSR count). The Labute approximate surface area is 162 Å². The quantitative estimate of drug-likeness (QED) is 0.518. The molecule has 0 bridgehead atoms. The van der Waals surface area contributed by atoms with E-state index in [1.807, 2.05) is 0 Å². The molecule has 8 nitrogen and oxygen atoms in total. The fraction of sp³-hybridized carbons (Fsp3) is 0.412. The maximum absolute atomic E-state index is 12.9. The largest absolute Gasteiger partial charge is 0.493 e. The second-order valence-corrected chi connectivity index (χ2v) is 8.32. The van der Waals surface area contributed by atoms with Crippen molar-refractivity contribution in [2.45, 2.75) is 18.2 Å². The summed E-state index contributed by atoms with van der Waals surface area (Å²) in [6.07, 6.45) is 1.54. The van der Waals surface area contributed by atoms with Gasteiger partial charge < -0.3 is 14.6 Å². The number of hydrogen-bond donors (Lipinski definition) is 1. The summed E-state index contributed by atoms with van der Waals surface area (Å²) in [5.74, 6) is -0.977. The highest BCUT2D eigenvalue weighted by atomic mass is 35.5. The first-order valence-electron chi connectivity index (χ1n) is 8.01. The van der Waals surface area contributed by atoms with Gasteiger partial charge in [0, 0.05) is 39.0 Å². The normalized spacial score (nSPS) is 11.6. The molecule has 0 unspecified atom stereocenters. The number of aryl methyl sites for hydroxylation is 2. The van der Waals surface area contributed by atoms with Crippen molar-refractivity contribution >= 4 is 27.2 Å². The smallest absolute Gasteiger partial charge is 0.220 e. The fourth-order valence-corrected chi connectivity index (χ4v) is 3.74. The van der Waals surface area contributed by atoms with Crippen LogP contribution in [-0.4, -0.2) is 55.7 Å². The Morgan fingerprint density at radius 1 is 1.33 bits per heavy atom. The monoisotopic (exact) mass is 416 g/mol. The zero-order chi connectivity index (χ0) is 20.4. The SMILES string of the molecule is COCCCOc1c(S(C)(=O)=O)ccc(C(=O)c2c(C)nn(C)c2O)c1Cl. The highest BCUT2D eigenvalue weighted by molar-refractivity contribution is 7.90. The van der Waals surface area contributed by atoms with Crippen molar-refractivity contribution in [2.24, 2.45) is 7.05 Å². The molecule has 0 radical (unpaired) electrons. The summed E-state index contributed by atoms with van der Waals surface area (Å²) < 4.78 is 35.8. The standard InChI is InChI=1S/C17H21ClN2O6S/c1-10-13(17(22)20(2)19-10)15(21)11-6-7-12(27(4,23)24)16(14(11)18)26-9-5-8-25-3/h6-7,22H,5,8-9H2,1-4H3. The molecular formula is C17H21ClN2O6S. The van der Waals surface area contributed by atoms with Gasteiger partial charge in [-0.15, -0.1) is 0 Å². The number of rotatable bonds is 8. The molecule has 1 aromatic carbocycles.